The number of likely N-dealkylation sites (N-methyl/N-ethyl adjacent to an activating group) is 3. The van der Waals surface area contributed by atoms with E-state index < -0.39 is 51.6 Å². The number of thiol groups is 1. The minimum Gasteiger partial charge on any atom is -1.00 e. The molecule has 1 aliphatic heterocycles. The summed E-state index contributed by atoms with van der Waals surface area (Å²) in [6.07, 6.45) is 15.6. The molecular weight excluding hydrogens is 1470 g/mol. The number of pyridine rings is 2. The first-order valence-corrected chi connectivity index (χ1v) is 39.6. The lowest BCUT2D eigenvalue weighted by atomic mass is 10.1. The number of halogens is 1. The Labute approximate surface area is 640 Å². The number of amides is 2. The molecule has 0 aliphatic carbocycles. The van der Waals surface area contributed by atoms with Crippen molar-refractivity contribution < 1.29 is 71.0 Å². The third-order valence-electron chi connectivity index (χ3n) is 12.5. The van der Waals surface area contributed by atoms with Gasteiger partial charge in [-0.05, 0) is 167 Å². The van der Waals surface area contributed by atoms with Crippen molar-refractivity contribution in [2.75, 3.05) is 72.1 Å². The van der Waals surface area contributed by atoms with E-state index in [1.54, 1.807) is 111 Å². The minimum atomic E-state index is -1.03. The van der Waals surface area contributed by atoms with Gasteiger partial charge in [-0.1, -0.05) is 93.3 Å². The molecule has 0 saturated carbocycles. The standard InChI is InChI=1S/C16H29N3O4S2.C16H23N3O2S2.C9H13N3S2.C8H17N3.C7H13NO3.C5H11NO2S.C5H5NS.ClH/c1-10(19-14(21)12(18-5)7-6-11(2)20)8-9-24-25-16(3,4)13(17)15(22)23;1-12(9-11-22-23-15-6-4-5-10-18-15)19-16(21)14(17-3)8-7-13(2)20;1-8(12-10)5-7-13-14-9-4-2-3-6-11-9;1-4-9-8-10-6-5-7-11(2)3;1-5(9)3-4-6(8-2)7(10)11;1-5(2,9)3(6)4(7)8;7-5-3-1-2-4-6-5;/h12-13,18H,1,6-9,17H2,2-5H3,(H,19,21)(H,22,23);4-6,10,14,17H,1,7-9,11H2,2-3H3,(H,19,21);2-4,6,12H,1,5,7,10H2;4-7H2,1-3H3;6,8H,3-4H2,1-2H3,(H,10,11);3,9H,6H2,1-2H3,(H,7,8);1-2,4H,3H2;1H/t12?,13-;;;;;3-;;/m0....0../s1. The smallest absolute Gasteiger partial charge is 0.321 e. The van der Waals surface area contributed by atoms with E-state index in [0.29, 0.717) is 68.5 Å². The van der Waals surface area contributed by atoms with Gasteiger partial charge in [0.05, 0.1) is 45.3 Å². The Morgan fingerprint density at radius 2 is 1.10 bits per heavy atom. The van der Waals surface area contributed by atoms with E-state index >= 15 is 0 Å². The zero-order chi connectivity index (χ0) is 77.1. The quantitative estimate of drug-likeness (QED) is 0.00813. The minimum absolute atomic E-state index is 0. The van der Waals surface area contributed by atoms with Crippen LogP contribution in [0.5, 0.6) is 0 Å². The Kier molecular flexibility index (Phi) is 68.1. The van der Waals surface area contributed by atoms with Crippen molar-refractivity contribution in [3.05, 3.63) is 97.8 Å². The zero-order valence-corrected chi connectivity index (χ0v) is 68.0. The molecule has 1 aliphatic rings. The van der Waals surface area contributed by atoms with Gasteiger partial charge < -0.3 is 90.5 Å². The number of thiocarbonyl (C=S) groups is 1. The van der Waals surface area contributed by atoms with Crippen molar-refractivity contribution in [3.63, 3.8) is 0 Å². The molecule has 3 heterocycles. The van der Waals surface area contributed by atoms with E-state index in [-0.39, 0.29) is 47.6 Å². The molecule has 572 valence electrons. The molecule has 2 amide bonds. The fourth-order valence-electron chi connectivity index (χ4n) is 6.39. The molecule has 3 unspecified atom stereocenters. The molecule has 3 rings (SSSR count). The average Bonchev–Trinajstić information content (AvgIpc) is 0.884. The van der Waals surface area contributed by atoms with Crippen LogP contribution in [0.15, 0.2) is 123 Å². The number of carbonyl (C=O) groups is 8. The fraction of sp³-hybridized carbons (Fsp3) is 0.561. The topological polar surface area (TPSA) is 415 Å². The van der Waals surface area contributed by atoms with Crippen molar-refractivity contribution in [2.24, 2.45) is 32.3 Å². The summed E-state index contributed by atoms with van der Waals surface area (Å²) < 4.78 is -1.25. The summed E-state index contributed by atoms with van der Waals surface area (Å²) >= 11 is 8.74. The number of aliphatic carboxylic acids is 3. The SMILES string of the molecule is C=C(CCSSC(C)(C)[C@@H](N)C(=O)O)NC(=O)C(CCC(C)=O)NC.C=C(CCSSc1ccccn1)NC(=O)C(CCC(C)=O)NC.C=C(CCSSc1ccccn1)NN.CC(C)(S)[C@@H](N)C(=O)O.CCN=C=NCCC[NH+](C)C.CNC(CCC(C)=O)C(=O)O.S=C1CC=CC=N1.[Cl-]. The Balaban J connectivity index is -0.000000370. The summed E-state index contributed by atoms with van der Waals surface area (Å²) in [4.78, 5) is 111. The normalized spacial score (nSPS) is 12.4. The molecule has 5 atom stereocenters. The zero-order valence-electron chi connectivity index (χ0n) is 60.6. The van der Waals surface area contributed by atoms with Gasteiger partial charge in [0.15, 0.2) is 0 Å². The van der Waals surface area contributed by atoms with Crippen molar-refractivity contribution in [3.8, 4) is 0 Å². The van der Waals surface area contributed by atoms with Crippen LogP contribution in [-0.4, -0.2) is 201 Å². The molecular formula is C66H112ClN15O11S8. The average molecular weight is 1580 g/mol. The number of hydrogen-bond acceptors (Lipinski definition) is 27. The molecule has 0 aromatic carbocycles. The van der Waals surface area contributed by atoms with Crippen molar-refractivity contribution in [1.82, 2.24) is 42.0 Å². The van der Waals surface area contributed by atoms with Crippen LogP contribution in [0.1, 0.15) is 126 Å². The number of carbonyl (C=O) groups excluding carboxylic acids is 5. The lowest BCUT2D eigenvalue weighted by molar-refractivity contribution is -0.858. The summed E-state index contributed by atoms with van der Waals surface area (Å²) in [6, 6.07) is 11.1. The van der Waals surface area contributed by atoms with Gasteiger partial charge in [0.2, 0.25) is 11.8 Å². The highest BCUT2D eigenvalue weighted by Crippen LogP contribution is 2.38. The van der Waals surface area contributed by atoms with Crippen LogP contribution >= 0.6 is 89.6 Å². The lowest BCUT2D eigenvalue weighted by Gasteiger charge is -2.27. The fourth-order valence-corrected chi connectivity index (χ4v) is 13.2. The van der Waals surface area contributed by atoms with Crippen molar-refractivity contribution in [1.29, 1.82) is 0 Å². The van der Waals surface area contributed by atoms with Crippen LogP contribution in [0, 0.1) is 0 Å². The molecule has 0 bridgehead atoms. The number of nitrogens with one attached hydrogen (secondary N) is 7. The van der Waals surface area contributed by atoms with Crippen LogP contribution in [0.25, 0.3) is 0 Å². The Bertz CT molecular complexity index is 2860. The van der Waals surface area contributed by atoms with E-state index in [9.17, 15) is 38.4 Å². The predicted octanol–water partition coefficient (Wildman–Crippen LogP) is 4.72. The number of nitrogens with two attached hydrogens (primary N) is 3. The van der Waals surface area contributed by atoms with Crippen LogP contribution in [0.3, 0.4) is 0 Å². The highest BCUT2D eigenvalue weighted by molar-refractivity contribution is 8.77. The predicted molar refractivity (Wildman–Crippen MR) is 427 cm³/mol. The molecule has 0 saturated heterocycles. The maximum Gasteiger partial charge on any atom is 0.321 e. The number of quaternary nitrogens is 1. The van der Waals surface area contributed by atoms with Crippen LogP contribution < -0.4 is 66.6 Å². The molecule has 16 N–H and O–H groups in total. The van der Waals surface area contributed by atoms with Crippen molar-refractivity contribution >= 4 is 154 Å². The second kappa shape index (κ2) is 65.8. The van der Waals surface area contributed by atoms with Gasteiger partial charge in [0.1, 0.15) is 50.5 Å². The van der Waals surface area contributed by atoms with Crippen LogP contribution in [-0.2, 0) is 38.4 Å². The molecule has 101 heavy (non-hydrogen) atoms. The largest absolute Gasteiger partial charge is 1.00 e. The molecule has 35 heteroatoms. The van der Waals surface area contributed by atoms with E-state index in [1.807, 2.05) is 55.5 Å². The van der Waals surface area contributed by atoms with Gasteiger partial charge >= 0.3 is 17.9 Å². The number of hydrogen-bond donors (Lipinski definition) is 14. The highest BCUT2D eigenvalue weighted by Gasteiger charge is 2.33. The van der Waals surface area contributed by atoms with E-state index in [0.717, 1.165) is 71.1 Å². The van der Waals surface area contributed by atoms with Crippen molar-refractivity contribution in [2.45, 2.75) is 176 Å². The molecule has 2 aromatic rings. The summed E-state index contributed by atoms with van der Waals surface area (Å²) in [5.41, 5.74) is 15.5. The van der Waals surface area contributed by atoms with Crippen LogP contribution in [0.2, 0.25) is 0 Å². The first kappa shape index (κ1) is 105. The number of aromatic nitrogens is 2. The van der Waals surface area contributed by atoms with Gasteiger partial charge in [-0.2, -0.15) is 12.6 Å². The van der Waals surface area contributed by atoms with E-state index in [4.69, 9.17) is 44.8 Å². The van der Waals surface area contributed by atoms with E-state index in [2.05, 4.69) is 109 Å². The van der Waals surface area contributed by atoms with Gasteiger partial charge in [0, 0.05) is 101 Å². The Morgan fingerprint density at radius 3 is 1.41 bits per heavy atom. The number of ketones is 3. The molecule has 0 spiro atoms. The summed E-state index contributed by atoms with van der Waals surface area (Å²) in [5, 5.41) is 41.8. The number of hydrazine groups is 1. The number of nitrogens with zero attached hydrogens (tertiary/aromatic N) is 5. The van der Waals surface area contributed by atoms with Gasteiger partial charge in [-0.25, -0.2) is 24.9 Å². The Hall–Kier alpha value is -4.98. The molecule has 2 aromatic heterocycles. The second-order valence-corrected chi connectivity index (χ2v) is 32.3. The molecule has 0 radical (unpaired) electrons. The van der Waals surface area contributed by atoms with Gasteiger partial charge in [-0.15, -0.1) is 0 Å². The number of carboxylic acid groups (broad SMARTS) is 3. The third kappa shape index (κ3) is 65.5. The first-order valence-electron chi connectivity index (χ1n) is 31.8. The third-order valence-corrected chi connectivity index (χ3v) is 20.9. The number of carboxylic acids is 3. The number of rotatable bonds is 42. The first-order chi connectivity index (χ1) is 46.9. The lowest BCUT2D eigenvalue weighted by Crippen LogP contribution is -3.05. The highest BCUT2D eigenvalue weighted by atomic mass is 35.5. The number of aliphatic imine (C=N–C) groups is 3. The molecule has 26 nitrogen and oxygen atoms in total. The maximum absolute atomic E-state index is 12.1. The molecule has 0 fully saturated rings. The van der Waals surface area contributed by atoms with Gasteiger partial charge in [0.25, 0.3) is 0 Å². The summed E-state index contributed by atoms with van der Waals surface area (Å²) in [7, 11) is 18.8. The summed E-state index contributed by atoms with van der Waals surface area (Å²) in [6.45, 7) is 27.6. The number of Topliss-reactive ketones (excluding diaryl/α,β-unsaturated/α-hetero) is 3. The summed E-state index contributed by atoms with van der Waals surface area (Å²) in [5.74, 6) is 4.50. The van der Waals surface area contributed by atoms with E-state index in [1.165, 1.54) is 47.3 Å². The van der Waals surface area contributed by atoms with Crippen LogP contribution in [0.4, 0.5) is 0 Å². The number of dihydropyridines is 1. The Morgan fingerprint density at radius 1 is 0.673 bits per heavy atom. The van der Waals surface area contributed by atoms with Gasteiger partial charge in [-0.3, -0.25) is 29.8 Å². The monoisotopic (exact) mass is 1580 g/mol. The second-order valence-electron chi connectivity index (χ2n) is 22.8. The number of allylic oxidation sites excluding steroid dienone is 4. The maximum atomic E-state index is 12.1.